The van der Waals surface area contributed by atoms with Gasteiger partial charge in [-0.2, -0.15) is 0 Å². The Morgan fingerprint density at radius 1 is 1.06 bits per heavy atom. The number of halogens is 4. The highest BCUT2D eigenvalue weighted by atomic mass is 35.5. The molecule has 1 aliphatic carbocycles. The summed E-state index contributed by atoms with van der Waals surface area (Å²) in [7, 11) is 3.99. The summed E-state index contributed by atoms with van der Waals surface area (Å²) in [6.07, 6.45) is 0.325. The standard InChI is InChI=1S/C16H21ClF3NO.C11H13N3/c1-11-2-4-12(5-3-11)9-21-10-13-6-7-15(14(17)8-13)22-16(18,19)20;1-8-12-10-7-5-4-6-9(10)11(13-8)14(2)3/h6-8,11-12,21H,2-5,9-10H2,1H3;4-7H,1-3H3. The molecule has 2 aromatic carbocycles. The molecule has 9 heteroatoms. The van der Waals surface area contributed by atoms with Crippen LogP contribution in [-0.2, 0) is 6.54 Å². The molecule has 0 radical (unpaired) electrons. The van der Waals surface area contributed by atoms with Crippen LogP contribution in [0.1, 0.15) is 44.0 Å². The first-order valence-corrected chi connectivity index (χ1v) is 12.5. The Morgan fingerprint density at radius 2 is 1.75 bits per heavy atom. The fraction of sp³-hybridized carbons (Fsp3) is 0.481. The molecule has 0 amide bonds. The maximum Gasteiger partial charge on any atom is 0.573 e. The number of rotatable bonds is 6. The van der Waals surface area contributed by atoms with Crippen LogP contribution in [0.5, 0.6) is 5.75 Å². The van der Waals surface area contributed by atoms with Gasteiger partial charge in [0.1, 0.15) is 17.4 Å². The number of ether oxygens (including phenoxy) is 1. The average Bonchev–Trinajstić information content (AvgIpc) is 2.81. The molecule has 0 spiro atoms. The zero-order chi connectivity index (χ0) is 26.3. The van der Waals surface area contributed by atoms with Crippen LogP contribution in [0, 0.1) is 18.8 Å². The molecule has 3 aromatic rings. The molecule has 0 bridgehead atoms. The third-order valence-electron chi connectivity index (χ3n) is 6.24. The van der Waals surface area contributed by atoms with Crippen molar-refractivity contribution in [2.75, 3.05) is 25.5 Å². The van der Waals surface area contributed by atoms with E-state index in [9.17, 15) is 13.2 Å². The molecule has 1 aromatic heterocycles. The van der Waals surface area contributed by atoms with E-state index < -0.39 is 6.36 Å². The summed E-state index contributed by atoms with van der Waals surface area (Å²) < 4.78 is 40.3. The molecule has 0 saturated heterocycles. The maximum absolute atomic E-state index is 12.2. The molecule has 0 aliphatic heterocycles. The molecular formula is C27H34ClF3N4O. The molecule has 1 N–H and O–H groups in total. The quantitative estimate of drug-likeness (QED) is 0.372. The number of benzene rings is 2. The largest absolute Gasteiger partial charge is 0.573 e. The number of aromatic nitrogens is 2. The predicted molar refractivity (Wildman–Crippen MR) is 140 cm³/mol. The van der Waals surface area contributed by atoms with Crippen molar-refractivity contribution in [1.29, 1.82) is 0 Å². The third kappa shape index (κ3) is 8.52. The van der Waals surface area contributed by atoms with Gasteiger partial charge < -0.3 is 15.0 Å². The summed E-state index contributed by atoms with van der Waals surface area (Å²) in [5.74, 6) is 2.95. The molecule has 0 unspecified atom stereocenters. The van der Waals surface area contributed by atoms with Gasteiger partial charge in [-0.1, -0.05) is 49.6 Å². The molecular weight excluding hydrogens is 489 g/mol. The highest BCUT2D eigenvalue weighted by molar-refractivity contribution is 6.32. The number of alkyl halides is 3. The number of nitrogens with one attached hydrogen (secondary N) is 1. The zero-order valence-corrected chi connectivity index (χ0v) is 22.0. The predicted octanol–water partition coefficient (Wildman–Crippen LogP) is 7.16. The summed E-state index contributed by atoms with van der Waals surface area (Å²) in [4.78, 5) is 10.8. The normalized spacial score (nSPS) is 17.9. The summed E-state index contributed by atoms with van der Waals surface area (Å²) >= 11 is 5.83. The second-order valence-corrected chi connectivity index (χ2v) is 9.98. The Kier molecular flexibility index (Phi) is 9.79. The van der Waals surface area contributed by atoms with Crippen LogP contribution in [0.4, 0.5) is 19.0 Å². The van der Waals surface area contributed by atoms with E-state index in [-0.39, 0.29) is 10.8 Å². The van der Waals surface area contributed by atoms with Crippen molar-refractivity contribution in [2.24, 2.45) is 11.8 Å². The van der Waals surface area contributed by atoms with Crippen LogP contribution >= 0.6 is 11.6 Å². The van der Waals surface area contributed by atoms with Crippen LogP contribution < -0.4 is 15.0 Å². The van der Waals surface area contributed by atoms with Crippen LogP contribution in [-0.4, -0.2) is 37.0 Å². The Morgan fingerprint density at radius 3 is 2.39 bits per heavy atom. The van der Waals surface area contributed by atoms with Crippen molar-refractivity contribution < 1.29 is 17.9 Å². The highest BCUT2D eigenvalue weighted by Crippen LogP contribution is 2.31. The minimum atomic E-state index is -4.72. The fourth-order valence-corrected chi connectivity index (χ4v) is 4.57. The molecule has 1 aliphatic rings. The lowest BCUT2D eigenvalue weighted by atomic mass is 9.83. The summed E-state index contributed by atoms with van der Waals surface area (Å²) in [6, 6.07) is 12.4. The summed E-state index contributed by atoms with van der Waals surface area (Å²) in [5.41, 5.74) is 1.85. The summed E-state index contributed by atoms with van der Waals surface area (Å²) in [6.45, 7) is 5.73. The SMILES string of the molecule is CC1CCC(CNCc2ccc(OC(F)(F)F)c(Cl)c2)CC1.Cc1nc(N(C)C)c2ccccc2n1. The van der Waals surface area contributed by atoms with E-state index in [2.05, 4.69) is 26.9 Å². The van der Waals surface area contributed by atoms with E-state index in [4.69, 9.17) is 11.6 Å². The number of para-hydroxylation sites is 1. The van der Waals surface area contributed by atoms with Gasteiger partial charge in [0.05, 0.1) is 10.5 Å². The smallest absolute Gasteiger partial charge is 0.404 e. The van der Waals surface area contributed by atoms with E-state index in [0.29, 0.717) is 12.5 Å². The van der Waals surface area contributed by atoms with Gasteiger partial charge in [-0.15, -0.1) is 13.2 Å². The molecule has 0 atom stereocenters. The van der Waals surface area contributed by atoms with E-state index in [1.165, 1.54) is 37.8 Å². The minimum absolute atomic E-state index is 0.0249. The van der Waals surface area contributed by atoms with Gasteiger partial charge in [0.15, 0.2) is 0 Å². The van der Waals surface area contributed by atoms with Gasteiger partial charge in [-0.05, 0) is 68.0 Å². The monoisotopic (exact) mass is 522 g/mol. The third-order valence-corrected chi connectivity index (χ3v) is 6.53. The maximum atomic E-state index is 12.2. The molecule has 1 heterocycles. The van der Waals surface area contributed by atoms with E-state index in [1.54, 1.807) is 6.07 Å². The van der Waals surface area contributed by atoms with Gasteiger partial charge in [0.25, 0.3) is 0 Å². The van der Waals surface area contributed by atoms with Crippen molar-refractivity contribution in [3.8, 4) is 5.75 Å². The Labute approximate surface area is 216 Å². The van der Waals surface area contributed by atoms with Gasteiger partial charge in [-0.3, -0.25) is 0 Å². The molecule has 1 saturated carbocycles. The number of fused-ring (bicyclic) bond motifs is 1. The van der Waals surface area contributed by atoms with Crippen molar-refractivity contribution in [2.45, 2.75) is 52.4 Å². The lowest BCUT2D eigenvalue weighted by Crippen LogP contribution is -2.25. The second kappa shape index (κ2) is 12.6. The number of hydrogen-bond acceptors (Lipinski definition) is 5. The summed E-state index contributed by atoms with van der Waals surface area (Å²) in [5, 5.41) is 4.43. The first-order chi connectivity index (χ1) is 17.0. The molecule has 1 fully saturated rings. The van der Waals surface area contributed by atoms with Crippen molar-refractivity contribution in [1.82, 2.24) is 15.3 Å². The van der Waals surface area contributed by atoms with Crippen LogP contribution in [0.3, 0.4) is 0 Å². The number of nitrogens with zero attached hydrogens (tertiary/aromatic N) is 3. The number of aryl methyl sites for hydroxylation is 1. The topological polar surface area (TPSA) is 50.3 Å². The van der Waals surface area contributed by atoms with E-state index in [1.807, 2.05) is 50.2 Å². The van der Waals surface area contributed by atoms with Gasteiger partial charge >= 0.3 is 6.36 Å². The fourth-order valence-electron chi connectivity index (χ4n) is 4.33. The van der Waals surface area contributed by atoms with Crippen LogP contribution in [0.25, 0.3) is 10.9 Å². The molecule has 4 rings (SSSR count). The van der Waals surface area contributed by atoms with Crippen molar-refractivity contribution >= 4 is 28.3 Å². The zero-order valence-electron chi connectivity index (χ0n) is 21.2. The van der Waals surface area contributed by atoms with Crippen LogP contribution in [0.2, 0.25) is 5.02 Å². The first-order valence-electron chi connectivity index (χ1n) is 12.2. The molecule has 5 nitrogen and oxygen atoms in total. The van der Waals surface area contributed by atoms with E-state index >= 15 is 0 Å². The minimum Gasteiger partial charge on any atom is -0.404 e. The van der Waals surface area contributed by atoms with Crippen molar-refractivity contribution in [3.05, 3.63) is 58.9 Å². The number of hydrogen-bond donors (Lipinski definition) is 1. The van der Waals surface area contributed by atoms with Crippen molar-refractivity contribution in [3.63, 3.8) is 0 Å². The number of anilines is 1. The Hall–Kier alpha value is -2.58. The van der Waals surface area contributed by atoms with Crippen LogP contribution in [0.15, 0.2) is 42.5 Å². The van der Waals surface area contributed by atoms with Gasteiger partial charge in [0.2, 0.25) is 0 Å². The highest BCUT2D eigenvalue weighted by Gasteiger charge is 2.32. The van der Waals surface area contributed by atoms with E-state index in [0.717, 1.165) is 40.6 Å². The second-order valence-electron chi connectivity index (χ2n) is 9.58. The first kappa shape index (κ1) is 28.0. The Bertz CT molecular complexity index is 1130. The molecule has 36 heavy (non-hydrogen) atoms. The Balaban J connectivity index is 0.000000221. The molecule has 196 valence electrons. The van der Waals surface area contributed by atoms with Gasteiger partial charge in [-0.25, -0.2) is 9.97 Å². The average molecular weight is 523 g/mol. The van der Waals surface area contributed by atoms with Gasteiger partial charge in [0, 0.05) is 26.0 Å². The lowest BCUT2D eigenvalue weighted by Gasteiger charge is -2.26. The lowest BCUT2D eigenvalue weighted by molar-refractivity contribution is -0.274.